The lowest BCUT2D eigenvalue weighted by atomic mass is 10.2. The summed E-state index contributed by atoms with van der Waals surface area (Å²) in [4.78, 5) is 25.0. The molecule has 1 fully saturated rings. The van der Waals surface area contributed by atoms with E-state index in [0.717, 1.165) is 0 Å². The molecule has 0 saturated carbocycles. The molecule has 0 bridgehead atoms. The number of aromatic amines is 1. The monoisotopic (exact) mass is 243 g/mol. The van der Waals surface area contributed by atoms with E-state index in [-0.39, 0.29) is 13.0 Å². The summed E-state index contributed by atoms with van der Waals surface area (Å²) in [5, 5.41) is 13.9. The molecule has 1 saturated heterocycles. The second kappa shape index (κ2) is 4.44. The highest BCUT2D eigenvalue weighted by Crippen LogP contribution is 2.27. The molecular weight excluding hydrogens is 228 g/mol. The summed E-state index contributed by atoms with van der Waals surface area (Å²) in [7, 11) is 0. The molecule has 17 heavy (non-hydrogen) atoms. The molecule has 1 aromatic rings. The molecule has 0 spiro atoms. The standard InChI is InChI=1S/C10H14N2O5/c1-5-3-12(10(16)11-9(5)15)8-2-6(14)7(4-13)17-8/h3,6-8,13-14H,2,4H2,1H3,(H,11,15,16)/i13D. The molecule has 2 rings (SSSR count). The smallest absolute Gasteiger partial charge is 0.330 e. The largest absolute Gasteiger partial charge is 0.394 e. The van der Waals surface area contributed by atoms with Crippen LogP contribution in [0.15, 0.2) is 15.8 Å². The minimum Gasteiger partial charge on any atom is -0.394 e. The molecule has 0 aliphatic carbocycles. The second-order valence-corrected chi connectivity index (χ2v) is 4.08. The van der Waals surface area contributed by atoms with E-state index in [1.165, 1.54) is 10.8 Å². The minimum atomic E-state index is -0.806. The van der Waals surface area contributed by atoms with Crippen LogP contribution in [0.5, 0.6) is 0 Å². The molecule has 0 aromatic carbocycles. The molecule has 3 atom stereocenters. The zero-order chi connectivity index (χ0) is 13.3. The van der Waals surface area contributed by atoms with Crippen molar-refractivity contribution in [1.29, 1.82) is 1.43 Å². The molecule has 1 aliphatic rings. The number of ether oxygens (including phenoxy) is 1. The van der Waals surface area contributed by atoms with Gasteiger partial charge in [0.05, 0.1) is 12.7 Å². The van der Waals surface area contributed by atoms with Crippen molar-refractivity contribution < 1.29 is 15.0 Å². The molecule has 94 valence electrons. The van der Waals surface area contributed by atoms with E-state index < -0.39 is 29.7 Å². The van der Waals surface area contributed by atoms with Crippen LogP contribution < -0.4 is 11.2 Å². The third kappa shape index (κ3) is 2.17. The Hall–Kier alpha value is -1.44. The Morgan fingerprint density at radius 2 is 2.47 bits per heavy atom. The SMILES string of the molecule is [2H]OCC1OC(n2cc(C)c(=O)[nH]c2=O)CC1O. The number of nitrogens with one attached hydrogen (secondary N) is 1. The molecule has 1 aromatic heterocycles. The number of hydrogen-bond donors (Lipinski definition) is 3. The van der Waals surface area contributed by atoms with Gasteiger partial charge in [0.2, 0.25) is 1.43 Å². The summed E-state index contributed by atoms with van der Waals surface area (Å²) in [5.41, 5.74) is -0.649. The first-order valence-electron chi connectivity index (χ1n) is 5.67. The molecule has 0 radical (unpaired) electrons. The lowest BCUT2D eigenvalue weighted by Gasteiger charge is -2.14. The molecule has 1 aliphatic heterocycles. The van der Waals surface area contributed by atoms with Crippen molar-refractivity contribution >= 4 is 0 Å². The Labute approximate surface area is 97.8 Å². The van der Waals surface area contributed by atoms with Crippen molar-refractivity contribution in [2.75, 3.05) is 6.61 Å². The van der Waals surface area contributed by atoms with Crippen LogP contribution in [0, 0.1) is 6.92 Å². The van der Waals surface area contributed by atoms with Gasteiger partial charge < -0.3 is 15.0 Å². The van der Waals surface area contributed by atoms with Crippen LogP contribution in [0.2, 0.25) is 0 Å². The van der Waals surface area contributed by atoms with E-state index in [4.69, 9.17) is 6.17 Å². The average molecular weight is 243 g/mol. The maximum Gasteiger partial charge on any atom is 0.330 e. The molecule has 7 heteroatoms. The first-order chi connectivity index (χ1) is 8.52. The van der Waals surface area contributed by atoms with Gasteiger partial charge in [-0.2, -0.15) is 0 Å². The van der Waals surface area contributed by atoms with Gasteiger partial charge in [-0.05, 0) is 6.92 Å². The predicted molar refractivity (Wildman–Crippen MR) is 57.7 cm³/mol. The van der Waals surface area contributed by atoms with Crippen molar-refractivity contribution in [2.24, 2.45) is 0 Å². The quantitative estimate of drug-likeness (QED) is 0.598. The van der Waals surface area contributed by atoms with Crippen LogP contribution in [0.1, 0.15) is 18.2 Å². The van der Waals surface area contributed by atoms with Crippen LogP contribution >= 0.6 is 0 Å². The minimum absolute atomic E-state index is 0.0747. The fourth-order valence-electron chi connectivity index (χ4n) is 1.84. The summed E-state index contributed by atoms with van der Waals surface area (Å²) in [6.45, 7) is 1.50. The molecule has 3 unspecified atom stereocenters. The van der Waals surface area contributed by atoms with Gasteiger partial charge in [-0.25, -0.2) is 4.79 Å². The summed E-state index contributed by atoms with van der Waals surface area (Å²) >= 11 is 0. The van der Waals surface area contributed by atoms with Crippen LogP contribution in [-0.4, -0.2) is 40.0 Å². The van der Waals surface area contributed by atoms with E-state index >= 15 is 0 Å². The Kier molecular flexibility index (Phi) is 2.79. The number of H-pyrrole nitrogens is 1. The Morgan fingerprint density at radius 3 is 3.18 bits per heavy atom. The van der Waals surface area contributed by atoms with Gasteiger partial charge in [-0.15, -0.1) is 0 Å². The zero-order valence-corrected chi connectivity index (χ0v) is 9.25. The van der Waals surface area contributed by atoms with Crippen molar-refractivity contribution in [2.45, 2.75) is 31.8 Å². The maximum atomic E-state index is 11.6. The van der Waals surface area contributed by atoms with Gasteiger partial charge in [0.15, 0.2) is 0 Å². The fraction of sp³-hybridized carbons (Fsp3) is 0.600. The highest BCUT2D eigenvalue weighted by molar-refractivity contribution is 5.02. The van der Waals surface area contributed by atoms with Crippen LogP contribution in [-0.2, 0) is 4.74 Å². The fourth-order valence-corrected chi connectivity index (χ4v) is 1.84. The Morgan fingerprint density at radius 1 is 1.71 bits per heavy atom. The average Bonchev–Trinajstić information content (AvgIpc) is 2.66. The van der Waals surface area contributed by atoms with E-state index in [9.17, 15) is 14.7 Å². The molecule has 7 nitrogen and oxygen atoms in total. The number of hydrogen-bond acceptors (Lipinski definition) is 5. The molecular formula is C10H14N2O5. The van der Waals surface area contributed by atoms with Crippen molar-refractivity contribution in [3.63, 3.8) is 0 Å². The van der Waals surface area contributed by atoms with E-state index in [1.807, 2.05) is 0 Å². The number of aliphatic hydroxyl groups excluding tert-OH is 2. The summed E-state index contributed by atoms with van der Waals surface area (Å²) in [5.74, 6) is 0. The Bertz CT molecular complexity index is 540. The summed E-state index contributed by atoms with van der Waals surface area (Å²) in [6, 6.07) is 0. The van der Waals surface area contributed by atoms with E-state index in [0.29, 0.717) is 5.56 Å². The third-order valence-electron chi connectivity index (χ3n) is 2.82. The zero-order valence-electron chi connectivity index (χ0n) is 10.3. The van der Waals surface area contributed by atoms with E-state index in [1.54, 1.807) is 6.92 Å². The van der Waals surface area contributed by atoms with Crippen molar-refractivity contribution in [1.82, 2.24) is 9.55 Å². The lowest BCUT2D eigenvalue weighted by molar-refractivity contribution is -0.0459. The number of aliphatic hydroxyl groups is 2. The topological polar surface area (TPSA) is 105 Å². The van der Waals surface area contributed by atoms with Crippen molar-refractivity contribution in [3.05, 3.63) is 32.6 Å². The van der Waals surface area contributed by atoms with Crippen LogP contribution in [0.25, 0.3) is 0 Å². The first kappa shape index (κ1) is 10.7. The lowest BCUT2D eigenvalue weighted by Crippen LogP contribution is -2.33. The number of rotatable bonds is 3. The first-order valence-corrected chi connectivity index (χ1v) is 5.26. The summed E-state index contributed by atoms with van der Waals surface area (Å²) in [6.07, 6.45) is -0.517. The van der Waals surface area contributed by atoms with Crippen LogP contribution in [0.3, 0.4) is 0 Å². The molecule has 2 heterocycles. The number of aryl methyl sites for hydroxylation is 1. The molecule has 0 amide bonds. The van der Waals surface area contributed by atoms with Crippen LogP contribution in [0.4, 0.5) is 0 Å². The number of nitrogens with zero attached hydrogens (tertiary/aromatic N) is 1. The van der Waals surface area contributed by atoms with E-state index in [2.05, 4.69) is 10.1 Å². The highest BCUT2D eigenvalue weighted by atomic mass is 16.5. The van der Waals surface area contributed by atoms with Gasteiger partial charge >= 0.3 is 5.69 Å². The van der Waals surface area contributed by atoms with Gasteiger partial charge in [0.1, 0.15) is 12.3 Å². The number of aromatic nitrogens is 2. The second-order valence-electron chi connectivity index (χ2n) is 4.08. The van der Waals surface area contributed by atoms with Gasteiger partial charge in [0, 0.05) is 18.2 Å². The van der Waals surface area contributed by atoms with Gasteiger partial charge in [0.25, 0.3) is 5.56 Å². The van der Waals surface area contributed by atoms with Gasteiger partial charge in [-0.1, -0.05) is 0 Å². The summed E-state index contributed by atoms with van der Waals surface area (Å²) < 4.78 is 13.3. The van der Waals surface area contributed by atoms with Gasteiger partial charge in [-0.3, -0.25) is 14.3 Å². The Balaban J connectivity index is 2.26. The predicted octanol–water partition coefficient (Wildman–Crippen LogP) is -1.51. The van der Waals surface area contributed by atoms with Crippen molar-refractivity contribution in [3.8, 4) is 0 Å². The third-order valence-corrected chi connectivity index (χ3v) is 2.82. The highest BCUT2D eigenvalue weighted by Gasteiger charge is 2.34. The normalized spacial score (nSPS) is 29.3. The molecule has 3 N–H and O–H groups in total. The maximum absolute atomic E-state index is 11.6.